The van der Waals surface area contributed by atoms with Gasteiger partial charge in [0.15, 0.2) is 11.6 Å². The minimum absolute atomic E-state index is 0.0786. The van der Waals surface area contributed by atoms with Gasteiger partial charge in [0.05, 0.1) is 6.61 Å². The van der Waals surface area contributed by atoms with Crippen LogP contribution < -0.4 is 4.74 Å². The summed E-state index contributed by atoms with van der Waals surface area (Å²) < 4.78 is 35.6. The van der Waals surface area contributed by atoms with Crippen molar-refractivity contribution in [2.45, 2.75) is 102 Å². The van der Waals surface area contributed by atoms with Gasteiger partial charge in [-0.3, -0.25) is 0 Å². The van der Waals surface area contributed by atoms with Crippen LogP contribution in [0.25, 0.3) is 0 Å². The largest absolute Gasteiger partial charge is 0.490 e. The predicted molar refractivity (Wildman–Crippen MR) is 120 cm³/mol. The van der Waals surface area contributed by atoms with Gasteiger partial charge in [0, 0.05) is 6.61 Å². The SMILES string of the molecule is OCCCCCCCCCCCOc1ccc(C23CC4CC(CC(C4)C2)C3)c(F)c1F. The molecule has 4 saturated carbocycles. The quantitative estimate of drug-likeness (QED) is 0.330. The maximum Gasteiger partial charge on any atom is 0.200 e. The first-order valence-electron chi connectivity index (χ1n) is 12.8. The molecular formula is C27H40F2O2. The fraction of sp³-hybridized carbons (Fsp3) is 0.778. The fourth-order valence-electron chi connectivity index (χ4n) is 7.13. The summed E-state index contributed by atoms with van der Waals surface area (Å²) in [7, 11) is 0. The molecule has 0 saturated heterocycles. The van der Waals surface area contributed by atoms with E-state index in [9.17, 15) is 4.39 Å². The lowest BCUT2D eigenvalue weighted by Crippen LogP contribution is -2.49. The van der Waals surface area contributed by atoms with Crippen molar-refractivity contribution in [2.75, 3.05) is 13.2 Å². The standard InChI is InChI=1S/C27H40F2O2/c28-25-23(27-17-20-14-21(18-27)16-22(15-20)19-27)10-11-24(26(25)29)31-13-9-7-5-3-1-2-4-6-8-12-30/h10-11,20-22,30H,1-9,12-19H2. The van der Waals surface area contributed by atoms with E-state index in [1.165, 1.54) is 44.9 Å². The third-order valence-electron chi connectivity index (χ3n) is 8.22. The minimum atomic E-state index is -0.781. The van der Waals surface area contributed by atoms with Crippen LogP contribution in [-0.4, -0.2) is 18.3 Å². The van der Waals surface area contributed by atoms with E-state index >= 15 is 4.39 Å². The van der Waals surface area contributed by atoms with Crippen LogP contribution in [0.15, 0.2) is 12.1 Å². The van der Waals surface area contributed by atoms with E-state index in [0.717, 1.165) is 51.4 Å². The van der Waals surface area contributed by atoms with E-state index in [1.807, 2.05) is 6.07 Å². The summed E-state index contributed by atoms with van der Waals surface area (Å²) in [5.41, 5.74) is 0.492. The zero-order valence-corrected chi connectivity index (χ0v) is 19.0. The van der Waals surface area contributed by atoms with Crippen LogP contribution in [0.5, 0.6) is 5.75 Å². The molecular weight excluding hydrogens is 394 g/mol. The monoisotopic (exact) mass is 434 g/mol. The molecule has 1 N–H and O–H groups in total. The molecule has 4 bridgehead atoms. The first kappa shape index (κ1) is 23.0. The molecule has 2 nitrogen and oxygen atoms in total. The number of aliphatic hydroxyl groups excluding tert-OH is 1. The van der Waals surface area contributed by atoms with Crippen molar-refractivity contribution in [1.29, 1.82) is 0 Å². The molecule has 0 heterocycles. The third kappa shape index (κ3) is 5.43. The van der Waals surface area contributed by atoms with Crippen LogP contribution in [0.3, 0.4) is 0 Å². The summed E-state index contributed by atoms with van der Waals surface area (Å²) in [6.45, 7) is 0.749. The summed E-state index contributed by atoms with van der Waals surface area (Å²) in [5.74, 6) is 0.784. The van der Waals surface area contributed by atoms with E-state index in [1.54, 1.807) is 6.07 Å². The van der Waals surface area contributed by atoms with Gasteiger partial charge in [0.1, 0.15) is 0 Å². The molecule has 4 fully saturated rings. The van der Waals surface area contributed by atoms with Gasteiger partial charge in [0.25, 0.3) is 0 Å². The Morgan fingerprint density at radius 2 is 1.26 bits per heavy atom. The normalized spacial score (nSPS) is 28.9. The van der Waals surface area contributed by atoms with Crippen LogP contribution in [0, 0.1) is 29.4 Å². The van der Waals surface area contributed by atoms with Gasteiger partial charge < -0.3 is 9.84 Å². The van der Waals surface area contributed by atoms with Crippen molar-refractivity contribution in [3.05, 3.63) is 29.3 Å². The Morgan fingerprint density at radius 1 is 0.742 bits per heavy atom. The lowest BCUT2D eigenvalue weighted by molar-refractivity contribution is -0.00708. The molecule has 174 valence electrons. The van der Waals surface area contributed by atoms with Gasteiger partial charge in [-0.05, 0) is 86.2 Å². The molecule has 0 atom stereocenters. The molecule has 0 aromatic heterocycles. The summed E-state index contributed by atoms with van der Waals surface area (Å²) in [5, 5.41) is 8.77. The summed E-state index contributed by atoms with van der Waals surface area (Å²) in [6, 6.07) is 3.51. The molecule has 0 spiro atoms. The Kier molecular flexibility index (Phi) is 7.90. The second kappa shape index (κ2) is 10.6. The van der Waals surface area contributed by atoms with Crippen LogP contribution in [0.1, 0.15) is 102 Å². The van der Waals surface area contributed by atoms with Crippen molar-refractivity contribution in [3.63, 3.8) is 0 Å². The van der Waals surface area contributed by atoms with Crippen molar-refractivity contribution >= 4 is 0 Å². The first-order valence-corrected chi connectivity index (χ1v) is 12.8. The van der Waals surface area contributed by atoms with Crippen LogP contribution >= 0.6 is 0 Å². The second-order valence-electron chi connectivity index (χ2n) is 10.7. The minimum Gasteiger partial charge on any atom is -0.490 e. The average Bonchev–Trinajstić information content (AvgIpc) is 2.74. The summed E-state index contributed by atoms with van der Waals surface area (Å²) >= 11 is 0. The van der Waals surface area contributed by atoms with Crippen LogP contribution in [0.4, 0.5) is 8.78 Å². The molecule has 31 heavy (non-hydrogen) atoms. The smallest absolute Gasteiger partial charge is 0.200 e. The molecule has 4 heteroatoms. The highest BCUT2D eigenvalue weighted by Gasteiger charge is 2.52. The predicted octanol–water partition coefficient (Wildman–Crippen LogP) is 7.31. The van der Waals surface area contributed by atoms with Crippen LogP contribution in [0.2, 0.25) is 0 Å². The molecule has 1 aromatic rings. The molecule has 0 amide bonds. The number of rotatable bonds is 13. The number of hydrogen-bond acceptors (Lipinski definition) is 2. The zero-order chi connectivity index (χ0) is 21.7. The molecule has 4 aliphatic rings. The van der Waals surface area contributed by atoms with Gasteiger partial charge in [-0.25, -0.2) is 4.39 Å². The molecule has 0 unspecified atom stereocenters. The lowest BCUT2D eigenvalue weighted by Gasteiger charge is -2.57. The molecule has 1 aromatic carbocycles. The van der Waals surface area contributed by atoms with Gasteiger partial charge in [-0.1, -0.05) is 51.0 Å². The van der Waals surface area contributed by atoms with E-state index in [0.29, 0.717) is 36.5 Å². The van der Waals surface area contributed by atoms with E-state index in [-0.39, 0.29) is 11.2 Å². The number of halogens is 2. The highest BCUT2D eigenvalue weighted by atomic mass is 19.2. The van der Waals surface area contributed by atoms with Crippen LogP contribution in [-0.2, 0) is 5.41 Å². The van der Waals surface area contributed by atoms with E-state index in [2.05, 4.69) is 0 Å². The highest BCUT2D eigenvalue weighted by Crippen LogP contribution is 2.61. The van der Waals surface area contributed by atoms with Gasteiger partial charge in [-0.2, -0.15) is 4.39 Å². The molecule has 5 rings (SSSR count). The van der Waals surface area contributed by atoms with Gasteiger partial charge in [-0.15, -0.1) is 0 Å². The van der Waals surface area contributed by atoms with E-state index < -0.39 is 11.6 Å². The zero-order valence-electron chi connectivity index (χ0n) is 19.0. The molecule has 4 aliphatic carbocycles. The van der Waals surface area contributed by atoms with E-state index in [4.69, 9.17) is 9.84 Å². The molecule has 0 radical (unpaired) electrons. The number of unbranched alkanes of at least 4 members (excludes halogenated alkanes) is 8. The number of benzene rings is 1. The summed E-state index contributed by atoms with van der Waals surface area (Å²) in [6.07, 6.45) is 17.0. The topological polar surface area (TPSA) is 29.5 Å². The van der Waals surface area contributed by atoms with Crippen molar-refractivity contribution in [1.82, 2.24) is 0 Å². The van der Waals surface area contributed by atoms with Crippen molar-refractivity contribution in [2.24, 2.45) is 17.8 Å². The average molecular weight is 435 g/mol. The molecule has 0 aliphatic heterocycles. The maximum atomic E-state index is 15.1. The van der Waals surface area contributed by atoms with Gasteiger partial charge >= 0.3 is 0 Å². The Balaban J connectivity index is 1.21. The second-order valence-corrected chi connectivity index (χ2v) is 10.7. The Bertz CT molecular complexity index is 682. The first-order chi connectivity index (χ1) is 15.1. The summed E-state index contributed by atoms with van der Waals surface area (Å²) in [4.78, 5) is 0. The van der Waals surface area contributed by atoms with Crippen molar-refractivity contribution < 1.29 is 18.6 Å². The van der Waals surface area contributed by atoms with Crippen molar-refractivity contribution in [3.8, 4) is 5.75 Å². The Morgan fingerprint density at radius 3 is 1.81 bits per heavy atom. The van der Waals surface area contributed by atoms with Gasteiger partial charge in [0.2, 0.25) is 5.82 Å². The number of hydrogen-bond donors (Lipinski definition) is 1. The number of aliphatic hydroxyl groups is 1. The third-order valence-corrected chi connectivity index (χ3v) is 8.22. The highest BCUT2D eigenvalue weighted by molar-refractivity contribution is 5.37. The lowest BCUT2D eigenvalue weighted by atomic mass is 9.48. The number of ether oxygens (including phenoxy) is 1. The fourth-order valence-corrected chi connectivity index (χ4v) is 7.13. The Hall–Kier alpha value is -1.16. The Labute approximate surface area is 186 Å². The maximum absolute atomic E-state index is 15.1.